The highest BCUT2D eigenvalue weighted by Crippen LogP contribution is 2.22. The summed E-state index contributed by atoms with van der Waals surface area (Å²) in [6.07, 6.45) is 3.41. The van der Waals surface area contributed by atoms with Crippen LogP contribution in [0.25, 0.3) is 21.6 Å². The Kier molecular flexibility index (Phi) is 4.22. The lowest BCUT2D eigenvalue weighted by Gasteiger charge is -2.05. The van der Waals surface area contributed by atoms with E-state index < -0.39 is 0 Å². The van der Waals surface area contributed by atoms with E-state index in [9.17, 15) is 4.79 Å². The number of carbonyl (C=O) groups is 1. The van der Waals surface area contributed by atoms with E-state index in [-0.39, 0.29) is 5.91 Å². The molecule has 0 aliphatic heterocycles. The molecule has 6 nitrogen and oxygen atoms in total. The Balaban J connectivity index is 1.37. The summed E-state index contributed by atoms with van der Waals surface area (Å²) < 4.78 is 1.82. The molecule has 0 fully saturated rings. The first-order valence-electron chi connectivity index (χ1n) is 7.87. The van der Waals surface area contributed by atoms with E-state index in [0.29, 0.717) is 24.3 Å². The Morgan fingerprint density at radius 1 is 1.12 bits per heavy atom. The van der Waals surface area contributed by atoms with Crippen molar-refractivity contribution in [3.8, 4) is 10.6 Å². The number of para-hydroxylation sites is 2. The molecule has 1 aromatic carbocycles. The molecule has 0 radical (unpaired) electrons. The van der Waals surface area contributed by atoms with Crippen molar-refractivity contribution in [3.05, 3.63) is 65.9 Å². The first-order valence-corrected chi connectivity index (χ1v) is 8.75. The molecular formula is C18H15N5OS. The van der Waals surface area contributed by atoms with Crippen molar-refractivity contribution >= 4 is 28.3 Å². The van der Waals surface area contributed by atoms with Crippen LogP contribution in [0.15, 0.2) is 60.2 Å². The first kappa shape index (κ1) is 15.5. The Labute approximate surface area is 148 Å². The Morgan fingerprint density at radius 3 is 2.84 bits per heavy atom. The zero-order chi connectivity index (χ0) is 17.1. The molecule has 0 saturated carbocycles. The van der Waals surface area contributed by atoms with Crippen LogP contribution in [-0.2, 0) is 6.54 Å². The van der Waals surface area contributed by atoms with Gasteiger partial charge in [-0.3, -0.25) is 14.5 Å². The van der Waals surface area contributed by atoms with Crippen LogP contribution in [0.1, 0.15) is 10.5 Å². The molecule has 3 heterocycles. The maximum atomic E-state index is 12.2. The normalized spacial score (nSPS) is 10.9. The standard InChI is InChI=1S/C18H15N5OS/c24-18(16-12-20-13-4-1-2-5-14(13)21-16)19-8-10-23-9-7-15(22-23)17-6-3-11-25-17/h1-7,9,11-12H,8,10H2,(H,19,24). The second kappa shape index (κ2) is 6.82. The number of fused-ring (bicyclic) bond motifs is 1. The average Bonchev–Trinajstić information content (AvgIpc) is 3.32. The summed E-state index contributed by atoms with van der Waals surface area (Å²) in [5.74, 6) is -0.233. The lowest BCUT2D eigenvalue weighted by atomic mass is 10.3. The number of thiophene rings is 1. The molecule has 0 saturated heterocycles. The highest BCUT2D eigenvalue weighted by molar-refractivity contribution is 7.13. The van der Waals surface area contributed by atoms with Gasteiger partial charge in [-0.15, -0.1) is 11.3 Å². The van der Waals surface area contributed by atoms with Crippen LogP contribution in [-0.4, -0.2) is 32.2 Å². The molecule has 0 atom stereocenters. The molecule has 0 unspecified atom stereocenters. The van der Waals surface area contributed by atoms with Crippen molar-refractivity contribution in [2.75, 3.05) is 6.54 Å². The minimum Gasteiger partial charge on any atom is -0.349 e. The SMILES string of the molecule is O=C(NCCn1ccc(-c2cccs2)n1)c1cnc2ccccc2n1. The molecule has 0 aliphatic carbocycles. The average molecular weight is 349 g/mol. The first-order chi connectivity index (χ1) is 12.3. The minimum atomic E-state index is -0.233. The van der Waals surface area contributed by atoms with Gasteiger partial charge in [-0.05, 0) is 29.6 Å². The highest BCUT2D eigenvalue weighted by atomic mass is 32.1. The fourth-order valence-electron chi connectivity index (χ4n) is 2.48. The van der Waals surface area contributed by atoms with Gasteiger partial charge in [0.15, 0.2) is 0 Å². The fourth-order valence-corrected chi connectivity index (χ4v) is 3.17. The Morgan fingerprint density at radius 2 is 2.00 bits per heavy atom. The van der Waals surface area contributed by atoms with Crippen LogP contribution in [0, 0.1) is 0 Å². The third-order valence-electron chi connectivity index (χ3n) is 3.72. The third-order valence-corrected chi connectivity index (χ3v) is 4.61. The van der Waals surface area contributed by atoms with E-state index in [1.54, 1.807) is 11.3 Å². The van der Waals surface area contributed by atoms with E-state index in [4.69, 9.17) is 0 Å². The second-order valence-electron chi connectivity index (χ2n) is 5.44. The van der Waals surface area contributed by atoms with Gasteiger partial charge >= 0.3 is 0 Å². The number of nitrogens with one attached hydrogen (secondary N) is 1. The van der Waals surface area contributed by atoms with Crippen molar-refractivity contribution in [3.63, 3.8) is 0 Å². The van der Waals surface area contributed by atoms with Gasteiger partial charge in [0.05, 0.1) is 28.7 Å². The zero-order valence-corrected chi connectivity index (χ0v) is 14.1. The van der Waals surface area contributed by atoms with Crippen LogP contribution in [0.5, 0.6) is 0 Å². The minimum absolute atomic E-state index is 0.233. The quantitative estimate of drug-likeness (QED) is 0.601. The molecule has 4 aromatic rings. The van der Waals surface area contributed by atoms with Gasteiger partial charge in [0, 0.05) is 12.7 Å². The Hall–Kier alpha value is -3.06. The van der Waals surface area contributed by atoms with Gasteiger partial charge in [0.1, 0.15) is 11.4 Å². The van der Waals surface area contributed by atoms with Crippen LogP contribution >= 0.6 is 11.3 Å². The smallest absolute Gasteiger partial charge is 0.271 e. The fraction of sp³-hybridized carbons (Fsp3) is 0.111. The van der Waals surface area contributed by atoms with Crippen molar-refractivity contribution in [1.82, 2.24) is 25.1 Å². The van der Waals surface area contributed by atoms with E-state index in [1.165, 1.54) is 6.20 Å². The van der Waals surface area contributed by atoms with Gasteiger partial charge in [0.25, 0.3) is 5.91 Å². The van der Waals surface area contributed by atoms with E-state index >= 15 is 0 Å². The van der Waals surface area contributed by atoms with Crippen LogP contribution in [0.3, 0.4) is 0 Å². The number of amides is 1. The van der Waals surface area contributed by atoms with Gasteiger partial charge in [-0.1, -0.05) is 18.2 Å². The number of nitrogens with zero attached hydrogens (tertiary/aromatic N) is 4. The molecule has 0 aliphatic rings. The molecule has 3 aromatic heterocycles. The van der Waals surface area contributed by atoms with E-state index in [1.807, 2.05) is 58.7 Å². The second-order valence-corrected chi connectivity index (χ2v) is 6.39. The largest absolute Gasteiger partial charge is 0.349 e. The summed E-state index contributed by atoms with van der Waals surface area (Å²) in [4.78, 5) is 22.0. The summed E-state index contributed by atoms with van der Waals surface area (Å²) in [5.41, 5.74) is 2.75. The summed E-state index contributed by atoms with van der Waals surface area (Å²) in [6, 6.07) is 13.5. The summed E-state index contributed by atoms with van der Waals surface area (Å²) in [5, 5.41) is 9.39. The predicted octanol–water partition coefficient (Wildman–Crippen LogP) is 2.98. The van der Waals surface area contributed by atoms with Gasteiger partial charge in [-0.2, -0.15) is 5.10 Å². The molecule has 124 valence electrons. The molecule has 1 N–H and O–H groups in total. The number of rotatable bonds is 5. The molecular weight excluding hydrogens is 334 g/mol. The lowest BCUT2D eigenvalue weighted by Crippen LogP contribution is -2.28. The Bertz CT molecular complexity index is 1010. The molecule has 0 spiro atoms. The number of hydrogen-bond donors (Lipinski definition) is 1. The van der Waals surface area contributed by atoms with Crippen LogP contribution < -0.4 is 5.32 Å². The van der Waals surface area contributed by atoms with Gasteiger partial charge in [0.2, 0.25) is 0 Å². The lowest BCUT2D eigenvalue weighted by molar-refractivity contribution is 0.0947. The zero-order valence-electron chi connectivity index (χ0n) is 13.3. The van der Waals surface area contributed by atoms with Crippen LogP contribution in [0.2, 0.25) is 0 Å². The summed E-state index contributed by atoms with van der Waals surface area (Å²) >= 11 is 1.66. The molecule has 0 bridgehead atoms. The predicted molar refractivity (Wildman–Crippen MR) is 97.4 cm³/mol. The summed E-state index contributed by atoms with van der Waals surface area (Å²) in [6.45, 7) is 1.07. The maximum Gasteiger partial charge on any atom is 0.271 e. The van der Waals surface area contributed by atoms with Crippen LogP contribution in [0.4, 0.5) is 0 Å². The van der Waals surface area contributed by atoms with Crippen molar-refractivity contribution < 1.29 is 4.79 Å². The molecule has 4 rings (SSSR count). The number of benzene rings is 1. The summed E-state index contributed by atoms with van der Waals surface area (Å²) in [7, 11) is 0. The number of carbonyl (C=O) groups excluding carboxylic acids is 1. The monoisotopic (exact) mass is 349 g/mol. The molecule has 25 heavy (non-hydrogen) atoms. The molecule has 7 heteroatoms. The van der Waals surface area contributed by atoms with Crippen molar-refractivity contribution in [1.29, 1.82) is 0 Å². The van der Waals surface area contributed by atoms with Crippen molar-refractivity contribution in [2.45, 2.75) is 6.54 Å². The topological polar surface area (TPSA) is 72.7 Å². The van der Waals surface area contributed by atoms with Crippen molar-refractivity contribution in [2.24, 2.45) is 0 Å². The van der Waals surface area contributed by atoms with E-state index in [0.717, 1.165) is 16.1 Å². The van der Waals surface area contributed by atoms with E-state index in [2.05, 4.69) is 20.4 Å². The van der Waals surface area contributed by atoms with Gasteiger partial charge < -0.3 is 5.32 Å². The highest BCUT2D eigenvalue weighted by Gasteiger charge is 2.09. The molecule has 1 amide bonds. The number of hydrogen-bond acceptors (Lipinski definition) is 5. The maximum absolute atomic E-state index is 12.2. The third kappa shape index (κ3) is 3.41. The van der Waals surface area contributed by atoms with Gasteiger partial charge in [-0.25, -0.2) is 4.98 Å². The number of aromatic nitrogens is 4.